The van der Waals surface area contributed by atoms with Crippen LogP contribution >= 0.6 is 11.6 Å². The number of carbonyl (C=O) groups is 2. The highest BCUT2D eigenvalue weighted by molar-refractivity contribution is 6.33. The van der Waals surface area contributed by atoms with Gasteiger partial charge in [-0.1, -0.05) is 11.6 Å². The molecule has 0 saturated heterocycles. The van der Waals surface area contributed by atoms with Crippen molar-refractivity contribution >= 4 is 35.0 Å². The molecule has 0 saturated carbocycles. The van der Waals surface area contributed by atoms with E-state index in [0.29, 0.717) is 23.1 Å². The van der Waals surface area contributed by atoms with Crippen LogP contribution < -0.4 is 10.1 Å². The summed E-state index contributed by atoms with van der Waals surface area (Å²) in [6, 6.07) is 8.44. The van der Waals surface area contributed by atoms with E-state index in [1.54, 1.807) is 24.7 Å². The van der Waals surface area contributed by atoms with Gasteiger partial charge in [-0.3, -0.25) is 4.98 Å². The normalized spacial score (nSPS) is 11.5. The minimum Gasteiger partial charge on any atom is -0.497 e. The van der Waals surface area contributed by atoms with Crippen LogP contribution in [0.2, 0.25) is 5.02 Å². The molecule has 4 aromatic rings. The number of nitrogens with one attached hydrogen (secondary N) is 2. The number of H-pyrrole nitrogens is 1. The molecule has 0 fully saturated rings. The molecule has 1 aliphatic rings. The number of rotatable bonds is 2. The van der Waals surface area contributed by atoms with Crippen LogP contribution in [0, 0.1) is 5.82 Å². The number of carboxylic acids is 2. The Morgan fingerprint density at radius 1 is 0.976 bits per heavy atom. The van der Waals surface area contributed by atoms with Gasteiger partial charge in [-0.25, -0.2) is 23.9 Å². The number of hydrogen-bond donors (Lipinski definition) is 4. The van der Waals surface area contributed by atoms with Crippen LogP contribution in [0.4, 0.5) is 42.2 Å². The van der Waals surface area contributed by atoms with Crippen molar-refractivity contribution in [1.29, 1.82) is 0 Å². The van der Waals surface area contributed by atoms with Gasteiger partial charge in [-0.2, -0.15) is 26.3 Å². The number of pyridine rings is 2. The fourth-order valence-electron chi connectivity index (χ4n) is 3.31. The van der Waals surface area contributed by atoms with E-state index in [1.165, 1.54) is 13.2 Å². The van der Waals surface area contributed by atoms with E-state index < -0.39 is 30.1 Å². The Morgan fingerprint density at radius 2 is 1.60 bits per heavy atom. The highest BCUT2D eigenvalue weighted by Gasteiger charge is 2.39. The summed E-state index contributed by atoms with van der Waals surface area (Å²) in [4.78, 5) is 34.3. The van der Waals surface area contributed by atoms with E-state index >= 15 is 0 Å². The van der Waals surface area contributed by atoms with E-state index in [-0.39, 0.29) is 10.6 Å². The second-order valence-electron chi connectivity index (χ2n) is 7.83. The fourth-order valence-corrected chi connectivity index (χ4v) is 3.60. The van der Waals surface area contributed by atoms with Crippen molar-refractivity contribution in [3.63, 3.8) is 0 Å². The van der Waals surface area contributed by atoms with Gasteiger partial charge in [0, 0.05) is 29.6 Å². The molecule has 4 heterocycles. The van der Waals surface area contributed by atoms with Crippen molar-refractivity contribution in [2.75, 3.05) is 12.4 Å². The number of alkyl halides is 6. The molecule has 10 nitrogen and oxygen atoms in total. The number of hydrogen-bond acceptors (Lipinski definition) is 7. The number of carboxylic acid groups (broad SMARTS) is 2. The van der Waals surface area contributed by atoms with E-state index in [9.17, 15) is 30.7 Å². The maximum Gasteiger partial charge on any atom is 0.490 e. The highest BCUT2D eigenvalue weighted by Crippen LogP contribution is 2.44. The van der Waals surface area contributed by atoms with Crippen molar-refractivity contribution in [3.05, 3.63) is 59.8 Å². The molecule has 1 aromatic carbocycles. The lowest BCUT2D eigenvalue weighted by molar-refractivity contribution is -0.193. The Balaban J connectivity index is 0.000000289. The number of methoxy groups -OCH3 is 1. The molecular formula is C24H15ClF7N5O5. The third kappa shape index (κ3) is 7.22. The van der Waals surface area contributed by atoms with Crippen LogP contribution in [0.15, 0.2) is 48.9 Å². The zero-order valence-corrected chi connectivity index (χ0v) is 21.4. The zero-order valence-electron chi connectivity index (χ0n) is 20.6. The molecule has 0 bridgehead atoms. The molecule has 0 spiro atoms. The number of halogens is 8. The second kappa shape index (κ2) is 12.3. The largest absolute Gasteiger partial charge is 0.497 e. The summed E-state index contributed by atoms with van der Waals surface area (Å²) in [5, 5.41) is 17.7. The minimum atomic E-state index is -5.08. The number of ether oxygens (including phenoxy) is 1. The van der Waals surface area contributed by atoms with Gasteiger partial charge in [-0.05, 0) is 24.3 Å². The first-order valence-electron chi connectivity index (χ1n) is 10.9. The second-order valence-corrected chi connectivity index (χ2v) is 8.23. The summed E-state index contributed by atoms with van der Waals surface area (Å²) >= 11 is 6.33. The Morgan fingerprint density at radius 3 is 2.14 bits per heavy atom. The lowest BCUT2D eigenvalue weighted by Gasteiger charge is -2.09. The fraction of sp³-hybridized carbons (Fsp3) is 0.125. The summed E-state index contributed by atoms with van der Waals surface area (Å²) < 4.78 is 83.3. The van der Waals surface area contributed by atoms with Gasteiger partial charge < -0.3 is 25.3 Å². The Hall–Kier alpha value is -4.93. The molecule has 0 aliphatic carbocycles. The molecule has 3 aromatic heterocycles. The van der Waals surface area contributed by atoms with Crippen molar-refractivity contribution in [1.82, 2.24) is 19.9 Å². The lowest BCUT2D eigenvalue weighted by atomic mass is 10.1. The molecule has 4 N–H and O–H groups in total. The Labute approximate surface area is 234 Å². The van der Waals surface area contributed by atoms with Crippen LogP contribution in [0.1, 0.15) is 0 Å². The number of imidazole rings is 1. The monoisotopic (exact) mass is 621 g/mol. The third-order valence-electron chi connectivity index (χ3n) is 5.08. The van der Waals surface area contributed by atoms with Gasteiger partial charge in [0.2, 0.25) is 0 Å². The maximum atomic E-state index is 14.8. The summed E-state index contributed by atoms with van der Waals surface area (Å²) in [5.41, 5.74) is 4.00. The number of nitrogens with zero attached hydrogens (tertiary/aromatic N) is 3. The first kappa shape index (κ1) is 31.6. The zero-order chi connectivity index (χ0) is 31.4. The van der Waals surface area contributed by atoms with Gasteiger partial charge in [0.05, 0.1) is 35.3 Å². The number of fused-ring (bicyclic) bond motifs is 5. The molecule has 222 valence electrons. The topological polar surface area (TPSA) is 150 Å². The summed E-state index contributed by atoms with van der Waals surface area (Å²) in [6.45, 7) is 0. The van der Waals surface area contributed by atoms with Crippen LogP contribution in [0.5, 0.6) is 5.75 Å². The quantitative estimate of drug-likeness (QED) is 0.166. The summed E-state index contributed by atoms with van der Waals surface area (Å²) in [6.07, 6.45) is -5.07. The van der Waals surface area contributed by atoms with E-state index in [4.69, 9.17) is 36.1 Å². The van der Waals surface area contributed by atoms with Gasteiger partial charge in [0.25, 0.3) is 0 Å². The number of aromatic amines is 1. The smallest absolute Gasteiger partial charge is 0.490 e. The van der Waals surface area contributed by atoms with Crippen molar-refractivity contribution in [3.8, 4) is 39.7 Å². The van der Waals surface area contributed by atoms with E-state index in [0.717, 1.165) is 22.5 Å². The maximum absolute atomic E-state index is 14.8. The highest BCUT2D eigenvalue weighted by atomic mass is 35.5. The number of benzene rings is 1. The summed E-state index contributed by atoms with van der Waals surface area (Å²) in [5.74, 6) is -4.72. The predicted molar refractivity (Wildman–Crippen MR) is 133 cm³/mol. The van der Waals surface area contributed by atoms with Gasteiger partial charge >= 0.3 is 24.3 Å². The molecule has 42 heavy (non-hydrogen) atoms. The van der Waals surface area contributed by atoms with Crippen LogP contribution in [-0.4, -0.2) is 61.5 Å². The van der Waals surface area contributed by atoms with Crippen LogP contribution in [0.3, 0.4) is 0 Å². The Bertz CT molecular complexity index is 1520. The molecule has 18 heteroatoms. The van der Waals surface area contributed by atoms with Gasteiger partial charge in [-0.15, -0.1) is 0 Å². The Kier molecular flexibility index (Phi) is 9.25. The molecular weight excluding hydrogens is 607 g/mol. The molecule has 0 radical (unpaired) electrons. The first-order chi connectivity index (χ1) is 19.5. The average Bonchev–Trinajstić information content (AvgIpc) is 3.27. The molecule has 5 rings (SSSR count). The van der Waals surface area contributed by atoms with Gasteiger partial charge in [0.1, 0.15) is 28.9 Å². The van der Waals surface area contributed by atoms with E-state index in [2.05, 4.69) is 25.3 Å². The van der Waals surface area contributed by atoms with Gasteiger partial charge in [0.15, 0.2) is 0 Å². The van der Waals surface area contributed by atoms with E-state index in [1.807, 2.05) is 18.2 Å². The number of aromatic nitrogens is 4. The molecule has 0 unspecified atom stereocenters. The third-order valence-corrected chi connectivity index (χ3v) is 5.38. The minimum absolute atomic E-state index is 0.185. The predicted octanol–water partition coefficient (Wildman–Crippen LogP) is 6.33. The SMILES string of the molecule is COc1cc(F)c(-c2nc3c([nH]2)-c2ccncc2Nc2ncccc2-3)c(Cl)c1.O=C(O)C(F)(F)F.O=C(O)C(F)(F)F. The number of anilines is 2. The van der Waals surface area contributed by atoms with Crippen LogP contribution in [0.25, 0.3) is 33.9 Å². The molecule has 0 atom stereocenters. The lowest BCUT2D eigenvalue weighted by Crippen LogP contribution is -2.21. The average molecular weight is 622 g/mol. The standard InChI is InChI=1S/C20H13ClFN5O.2C2HF3O2/c1-28-10-7-13(21)16(14(22)8-10)20-26-17-11-4-6-23-9-15(11)25-19-12(18(17)27-20)3-2-5-24-19;2*3-2(4,5)1(6)7/h2-9H,1H3,(H,24,25)(H,26,27);2*(H,6,7). The molecule has 1 aliphatic heterocycles. The van der Waals surface area contributed by atoms with Crippen molar-refractivity contribution in [2.24, 2.45) is 0 Å². The summed E-state index contributed by atoms with van der Waals surface area (Å²) in [7, 11) is 1.46. The first-order valence-corrected chi connectivity index (χ1v) is 11.3. The van der Waals surface area contributed by atoms with Crippen molar-refractivity contribution < 1.29 is 55.3 Å². The van der Waals surface area contributed by atoms with Crippen molar-refractivity contribution in [2.45, 2.75) is 12.4 Å². The van der Waals surface area contributed by atoms with Crippen LogP contribution in [-0.2, 0) is 9.59 Å². The number of aliphatic carboxylic acids is 2. The molecule has 0 amide bonds.